The van der Waals surface area contributed by atoms with Gasteiger partial charge in [0.15, 0.2) is 0 Å². The molecule has 0 fully saturated rings. The second kappa shape index (κ2) is 8.61. The number of benzene rings is 2. The summed E-state index contributed by atoms with van der Waals surface area (Å²) in [6.45, 7) is 9.95. The number of hydrogen-bond donors (Lipinski definition) is 0. The highest BCUT2D eigenvalue weighted by Crippen LogP contribution is 2.18. The minimum atomic E-state index is 0.770. The number of hydrogen-bond acceptors (Lipinski definition) is 2. The molecule has 2 aromatic rings. The summed E-state index contributed by atoms with van der Waals surface area (Å²) < 4.78 is 11.6. The van der Waals surface area contributed by atoms with Gasteiger partial charge in [-0.2, -0.15) is 0 Å². The zero-order valence-corrected chi connectivity index (χ0v) is 14.8. The first-order valence-corrected chi connectivity index (χ1v) is 8.45. The van der Waals surface area contributed by atoms with Crippen molar-refractivity contribution in [2.45, 2.75) is 47.0 Å². The van der Waals surface area contributed by atoms with Gasteiger partial charge >= 0.3 is 0 Å². The van der Waals surface area contributed by atoms with Crippen molar-refractivity contribution in [2.24, 2.45) is 0 Å². The average molecular weight is 312 g/mol. The van der Waals surface area contributed by atoms with Crippen LogP contribution < -0.4 is 9.47 Å². The van der Waals surface area contributed by atoms with E-state index in [0.717, 1.165) is 44.0 Å². The molecule has 2 nitrogen and oxygen atoms in total. The first-order chi connectivity index (χ1) is 11.0. The van der Waals surface area contributed by atoms with Gasteiger partial charge in [-0.15, -0.1) is 0 Å². The second-order valence-corrected chi connectivity index (χ2v) is 6.40. The van der Waals surface area contributed by atoms with E-state index in [9.17, 15) is 0 Å². The molecule has 0 aliphatic heterocycles. The predicted molar refractivity (Wildman–Crippen MR) is 96.7 cm³/mol. The fraction of sp³-hybridized carbons (Fsp3) is 0.429. The summed E-state index contributed by atoms with van der Waals surface area (Å²) in [7, 11) is 0. The molecule has 0 amide bonds. The van der Waals surface area contributed by atoms with Crippen LogP contribution in [-0.4, -0.2) is 13.2 Å². The van der Waals surface area contributed by atoms with Gasteiger partial charge in [-0.05, 0) is 93.5 Å². The van der Waals surface area contributed by atoms with Crippen molar-refractivity contribution in [1.82, 2.24) is 0 Å². The molecule has 0 aliphatic carbocycles. The second-order valence-electron chi connectivity index (χ2n) is 6.40. The zero-order chi connectivity index (χ0) is 16.7. The van der Waals surface area contributed by atoms with Crippen LogP contribution >= 0.6 is 0 Å². The third kappa shape index (κ3) is 6.35. The summed E-state index contributed by atoms with van der Waals surface area (Å²) in [4.78, 5) is 0. The van der Waals surface area contributed by atoms with E-state index in [1.165, 1.54) is 22.3 Å². The highest BCUT2D eigenvalue weighted by Gasteiger charge is 1.99. The summed E-state index contributed by atoms with van der Waals surface area (Å²) >= 11 is 0. The third-order valence-corrected chi connectivity index (χ3v) is 3.72. The van der Waals surface area contributed by atoms with Crippen LogP contribution in [0.25, 0.3) is 0 Å². The van der Waals surface area contributed by atoms with Crippen molar-refractivity contribution in [3.63, 3.8) is 0 Å². The van der Waals surface area contributed by atoms with Crippen LogP contribution in [0.1, 0.15) is 41.5 Å². The summed E-state index contributed by atoms with van der Waals surface area (Å²) in [5.74, 6) is 1.96. The Balaban J connectivity index is 1.60. The molecular weight excluding hydrogens is 284 g/mol. The van der Waals surface area contributed by atoms with E-state index in [1.54, 1.807) is 0 Å². The number of unbranched alkanes of at least 4 members (excludes halogenated alkanes) is 2. The molecule has 0 N–H and O–H groups in total. The standard InChI is InChI=1S/C21H28O2/c1-16-10-17(2)13-20(12-16)22-8-6-5-7-9-23-21-14-18(3)11-19(4)15-21/h10-15H,5-9H2,1-4H3. The van der Waals surface area contributed by atoms with Crippen molar-refractivity contribution >= 4 is 0 Å². The highest BCUT2D eigenvalue weighted by atomic mass is 16.5. The van der Waals surface area contributed by atoms with Crippen molar-refractivity contribution in [3.8, 4) is 11.5 Å². The Bertz CT molecular complexity index is 536. The molecule has 0 heterocycles. The van der Waals surface area contributed by atoms with Crippen molar-refractivity contribution in [1.29, 1.82) is 0 Å². The van der Waals surface area contributed by atoms with E-state index in [1.807, 2.05) is 0 Å². The Labute approximate surface area is 140 Å². The van der Waals surface area contributed by atoms with Crippen molar-refractivity contribution in [2.75, 3.05) is 13.2 Å². The Hall–Kier alpha value is -1.96. The maximum atomic E-state index is 5.82. The Morgan fingerprint density at radius 2 is 0.870 bits per heavy atom. The first-order valence-electron chi connectivity index (χ1n) is 8.45. The summed E-state index contributed by atoms with van der Waals surface area (Å²) in [6.07, 6.45) is 3.24. The molecule has 2 heteroatoms. The van der Waals surface area contributed by atoms with Crippen LogP contribution in [0, 0.1) is 27.7 Å². The van der Waals surface area contributed by atoms with Crippen LogP contribution in [0.3, 0.4) is 0 Å². The molecule has 0 saturated carbocycles. The van der Waals surface area contributed by atoms with Gasteiger partial charge < -0.3 is 9.47 Å². The maximum absolute atomic E-state index is 5.82. The highest BCUT2D eigenvalue weighted by molar-refractivity contribution is 5.33. The average Bonchev–Trinajstić information content (AvgIpc) is 2.44. The first kappa shape index (κ1) is 17.4. The Morgan fingerprint density at radius 1 is 0.522 bits per heavy atom. The third-order valence-electron chi connectivity index (χ3n) is 3.72. The summed E-state index contributed by atoms with van der Waals surface area (Å²) in [5, 5.41) is 0. The monoisotopic (exact) mass is 312 g/mol. The molecule has 23 heavy (non-hydrogen) atoms. The fourth-order valence-corrected chi connectivity index (χ4v) is 2.79. The largest absolute Gasteiger partial charge is 0.494 e. The van der Waals surface area contributed by atoms with Crippen molar-refractivity contribution < 1.29 is 9.47 Å². The van der Waals surface area contributed by atoms with Gasteiger partial charge in [0.05, 0.1) is 13.2 Å². The molecule has 124 valence electrons. The van der Waals surface area contributed by atoms with Crippen LogP contribution in [0.4, 0.5) is 0 Å². The number of rotatable bonds is 8. The SMILES string of the molecule is Cc1cc(C)cc(OCCCCCOc2cc(C)cc(C)c2)c1. The topological polar surface area (TPSA) is 18.5 Å². The lowest BCUT2D eigenvalue weighted by Crippen LogP contribution is -2.01. The quantitative estimate of drug-likeness (QED) is 0.595. The molecule has 2 aromatic carbocycles. The van der Waals surface area contributed by atoms with Gasteiger partial charge in [0.2, 0.25) is 0 Å². The molecule has 0 unspecified atom stereocenters. The number of aryl methyl sites for hydroxylation is 4. The molecule has 0 saturated heterocycles. The van der Waals surface area contributed by atoms with Gasteiger partial charge in [0.1, 0.15) is 11.5 Å². The van der Waals surface area contributed by atoms with E-state index in [2.05, 4.69) is 64.1 Å². The lowest BCUT2D eigenvalue weighted by molar-refractivity contribution is 0.279. The van der Waals surface area contributed by atoms with E-state index in [4.69, 9.17) is 9.47 Å². The van der Waals surface area contributed by atoms with Gasteiger partial charge in [0, 0.05) is 0 Å². The molecule has 0 bridgehead atoms. The molecule has 0 spiro atoms. The van der Waals surface area contributed by atoms with E-state index in [-0.39, 0.29) is 0 Å². The van der Waals surface area contributed by atoms with E-state index < -0.39 is 0 Å². The van der Waals surface area contributed by atoms with Crippen LogP contribution in [-0.2, 0) is 0 Å². The molecule has 0 atom stereocenters. The molecule has 0 radical (unpaired) electrons. The summed E-state index contributed by atoms with van der Waals surface area (Å²) in [5.41, 5.74) is 5.01. The van der Waals surface area contributed by atoms with Gasteiger partial charge in [-0.1, -0.05) is 12.1 Å². The predicted octanol–water partition coefficient (Wildman–Crippen LogP) is 5.55. The Kier molecular flexibility index (Phi) is 6.52. The lowest BCUT2D eigenvalue weighted by atomic mass is 10.1. The van der Waals surface area contributed by atoms with Gasteiger partial charge in [-0.3, -0.25) is 0 Å². The summed E-state index contributed by atoms with van der Waals surface area (Å²) in [6, 6.07) is 12.7. The molecule has 2 rings (SSSR count). The maximum Gasteiger partial charge on any atom is 0.119 e. The number of ether oxygens (including phenoxy) is 2. The lowest BCUT2D eigenvalue weighted by Gasteiger charge is -2.09. The minimum absolute atomic E-state index is 0.770. The Morgan fingerprint density at radius 3 is 1.22 bits per heavy atom. The smallest absolute Gasteiger partial charge is 0.119 e. The van der Waals surface area contributed by atoms with E-state index >= 15 is 0 Å². The van der Waals surface area contributed by atoms with Crippen LogP contribution in [0.2, 0.25) is 0 Å². The normalized spacial score (nSPS) is 10.6. The fourth-order valence-electron chi connectivity index (χ4n) is 2.79. The zero-order valence-electron chi connectivity index (χ0n) is 14.8. The molecular formula is C21H28O2. The van der Waals surface area contributed by atoms with Crippen molar-refractivity contribution in [3.05, 3.63) is 58.7 Å². The molecule has 0 aromatic heterocycles. The van der Waals surface area contributed by atoms with Gasteiger partial charge in [0.25, 0.3) is 0 Å². The van der Waals surface area contributed by atoms with Crippen LogP contribution in [0.15, 0.2) is 36.4 Å². The minimum Gasteiger partial charge on any atom is -0.494 e. The molecule has 0 aliphatic rings. The van der Waals surface area contributed by atoms with E-state index in [0.29, 0.717) is 0 Å². The van der Waals surface area contributed by atoms with Gasteiger partial charge in [-0.25, -0.2) is 0 Å². The van der Waals surface area contributed by atoms with Crippen LogP contribution in [0.5, 0.6) is 11.5 Å².